The van der Waals surface area contributed by atoms with Gasteiger partial charge >= 0.3 is 5.76 Å². The summed E-state index contributed by atoms with van der Waals surface area (Å²) in [5.41, 5.74) is 0.527. The van der Waals surface area contributed by atoms with Gasteiger partial charge in [0, 0.05) is 10.6 Å². The molecule has 0 spiro atoms. The normalized spacial score (nSPS) is 11.7. The van der Waals surface area contributed by atoms with E-state index in [1.165, 1.54) is 47.4 Å². The van der Waals surface area contributed by atoms with Gasteiger partial charge in [0.2, 0.25) is 15.0 Å². The lowest BCUT2D eigenvalue weighted by atomic mass is 10.3. The zero-order chi connectivity index (χ0) is 18.7. The first kappa shape index (κ1) is 18.7. The van der Waals surface area contributed by atoms with Crippen molar-refractivity contribution in [2.45, 2.75) is 19.9 Å². The number of aromatic nitrogens is 2. The molecule has 0 unspecified atom stereocenters. The molecule has 0 fully saturated rings. The predicted molar refractivity (Wildman–Crippen MR) is 93.3 cm³/mol. The third kappa shape index (κ3) is 4.34. The zero-order valence-electron chi connectivity index (χ0n) is 12.8. The molecular weight excluding hydrogens is 407 g/mol. The number of nitrogens with zero attached hydrogens (tertiary/aromatic N) is 2. The van der Waals surface area contributed by atoms with Crippen molar-refractivity contribution in [1.82, 2.24) is 10.2 Å². The van der Waals surface area contributed by atoms with Gasteiger partial charge in [0.15, 0.2) is 4.34 Å². The highest BCUT2D eigenvalue weighted by Gasteiger charge is 2.26. The molecule has 0 saturated heterocycles. The molecule has 136 valence electrons. The largest absolute Gasteiger partial charge is 0.341 e. The fraction of sp³-hybridized carbons (Fsp3) is 0.0667. The average molecular weight is 417 g/mol. The van der Waals surface area contributed by atoms with Gasteiger partial charge in [-0.3, -0.25) is 0 Å². The van der Waals surface area contributed by atoms with Crippen molar-refractivity contribution >= 4 is 43.8 Å². The average Bonchev–Trinajstić information content (AvgIpc) is 3.02. The van der Waals surface area contributed by atoms with Crippen molar-refractivity contribution < 1.29 is 21.6 Å². The Morgan fingerprint density at radius 3 is 2.46 bits per heavy atom. The second kappa shape index (κ2) is 7.64. The Labute approximate surface area is 155 Å². The minimum Gasteiger partial charge on any atom is -0.330 e. The van der Waals surface area contributed by atoms with Crippen LogP contribution in [0.5, 0.6) is 0 Å². The summed E-state index contributed by atoms with van der Waals surface area (Å²) < 4.78 is 61.5. The molecule has 0 amide bonds. The maximum Gasteiger partial charge on any atom is 0.341 e. The lowest BCUT2D eigenvalue weighted by Crippen LogP contribution is -2.10. The highest BCUT2D eigenvalue weighted by Crippen LogP contribution is 2.33. The molecule has 0 bridgehead atoms. The van der Waals surface area contributed by atoms with E-state index in [-0.39, 0.29) is 5.82 Å². The number of halogens is 3. The van der Waals surface area contributed by atoms with E-state index in [9.17, 15) is 21.6 Å². The topological polar surface area (TPSA) is 72.0 Å². The second-order valence-electron chi connectivity index (χ2n) is 4.89. The van der Waals surface area contributed by atoms with E-state index >= 15 is 0 Å². The van der Waals surface area contributed by atoms with E-state index in [0.29, 0.717) is 20.1 Å². The van der Waals surface area contributed by atoms with E-state index in [0.717, 1.165) is 12.1 Å². The van der Waals surface area contributed by atoms with Crippen LogP contribution in [-0.2, 0) is 9.84 Å². The summed E-state index contributed by atoms with van der Waals surface area (Å²) in [6, 6.07) is 11.0. The first-order valence-electron chi connectivity index (χ1n) is 7.01. The fourth-order valence-corrected chi connectivity index (χ4v) is 4.36. The number of rotatable bonds is 6. The zero-order valence-corrected chi connectivity index (χ0v) is 15.2. The van der Waals surface area contributed by atoms with Crippen molar-refractivity contribution in [1.29, 1.82) is 0 Å². The molecule has 11 heteroatoms. The number of hydrogen-bond acceptors (Lipinski definition) is 7. The molecule has 0 atom stereocenters. The van der Waals surface area contributed by atoms with E-state index < -0.39 is 20.5 Å². The summed E-state index contributed by atoms with van der Waals surface area (Å²) in [6.45, 7) is 0. The molecule has 26 heavy (non-hydrogen) atoms. The predicted octanol–water partition coefficient (Wildman–Crippen LogP) is 4.57. The molecule has 0 aliphatic carbocycles. The molecule has 0 aliphatic heterocycles. The van der Waals surface area contributed by atoms with Crippen LogP contribution >= 0.6 is 23.1 Å². The Morgan fingerprint density at radius 1 is 1.08 bits per heavy atom. The molecule has 1 aromatic heterocycles. The highest BCUT2D eigenvalue weighted by atomic mass is 32.2. The number of nitrogens with one attached hydrogen (secondary N) is 1. The van der Waals surface area contributed by atoms with Gasteiger partial charge in [-0.15, -0.1) is 10.2 Å². The first-order valence-corrected chi connectivity index (χ1v) is 10.2. The minimum atomic E-state index is -4.61. The van der Waals surface area contributed by atoms with Crippen molar-refractivity contribution in [2.24, 2.45) is 0 Å². The molecule has 2 aromatic carbocycles. The van der Waals surface area contributed by atoms with Crippen molar-refractivity contribution in [3.05, 3.63) is 54.3 Å². The summed E-state index contributed by atoms with van der Waals surface area (Å²) in [6.07, 6.45) is 0. The van der Waals surface area contributed by atoms with Crippen molar-refractivity contribution in [3.63, 3.8) is 0 Å². The Morgan fingerprint density at radius 2 is 1.81 bits per heavy atom. The summed E-state index contributed by atoms with van der Waals surface area (Å²) in [5.74, 6) is -3.84. The first-order chi connectivity index (χ1) is 12.3. The maximum atomic E-state index is 13.2. The van der Waals surface area contributed by atoms with E-state index in [1.807, 2.05) is 0 Å². The summed E-state index contributed by atoms with van der Waals surface area (Å²) in [7, 11) is -4.61. The number of benzene rings is 2. The monoisotopic (exact) mass is 417 g/mol. The van der Waals surface area contributed by atoms with Gasteiger partial charge in [-0.1, -0.05) is 29.2 Å². The van der Waals surface area contributed by atoms with E-state index in [2.05, 4.69) is 15.5 Å². The van der Waals surface area contributed by atoms with Crippen LogP contribution in [0.25, 0.3) is 0 Å². The summed E-state index contributed by atoms with van der Waals surface area (Å²) in [4.78, 5) is 0.175. The highest BCUT2D eigenvalue weighted by molar-refractivity contribution is 8.01. The van der Waals surface area contributed by atoms with Gasteiger partial charge in [-0.2, -0.15) is 8.78 Å². The number of sulfone groups is 1. The number of alkyl halides is 2. The van der Waals surface area contributed by atoms with Crippen molar-refractivity contribution in [3.8, 4) is 0 Å². The van der Waals surface area contributed by atoms with Gasteiger partial charge in [0.1, 0.15) is 5.82 Å². The fourth-order valence-electron chi connectivity index (χ4n) is 1.89. The number of anilines is 2. The molecule has 1 heterocycles. The molecule has 0 saturated carbocycles. The quantitative estimate of drug-likeness (QED) is 0.634. The van der Waals surface area contributed by atoms with Crippen molar-refractivity contribution in [2.75, 3.05) is 5.32 Å². The van der Waals surface area contributed by atoms with E-state index in [4.69, 9.17) is 0 Å². The standard InChI is InChI=1S/C15H10F3N3O2S3/c16-9-2-1-3-10(8-9)19-14-20-21-15(25-14)24-11-4-6-12(7-5-11)26(22,23)13(17)18/h1-8,13H,(H,19,20). The second-order valence-corrected chi connectivity index (χ2v) is 9.10. The van der Waals surface area contributed by atoms with Gasteiger partial charge in [-0.05, 0) is 42.5 Å². The number of hydrogen-bond donors (Lipinski definition) is 1. The third-order valence-corrected chi connectivity index (χ3v) is 6.37. The van der Waals surface area contributed by atoms with Crippen LogP contribution < -0.4 is 5.32 Å². The van der Waals surface area contributed by atoms with Gasteiger partial charge < -0.3 is 5.32 Å². The lowest BCUT2D eigenvalue weighted by molar-refractivity contribution is 0.234. The Balaban J connectivity index is 1.69. The third-order valence-electron chi connectivity index (χ3n) is 3.07. The Kier molecular flexibility index (Phi) is 5.49. The lowest BCUT2D eigenvalue weighted by Gasteiger charge is -2.03. The molecule has 0 aliphatic rings. The molecular formula is C15H10F3N3O2S3. The van der Waals surface area contributed by atoms with Crippen LogP contribution in [-0.4, -0.2) is 24.4 Å². The Hall–Kier alpha value is -2.11. The van der Waals surface area contributed by atoms with Gasteiger partial charge in [0.25, 0.3) is 0 Å². The van der Waals surface area contributed by atoms with Crippen LogP contribution in [0.15, 0.2) is 62.7 Å². The van der Waals surface area contributed by atoms with Crippen LogP contribution in [0.3, 0.4) is 0 Å². The minimum absolute atomic E-state index is 0.382. The molecule has 0 radical (unpaired) electrons. The van der Waals surface area contributed by atoms with Crippen LogP contribution in [0.1, 0.15) is 0 Å². The SMILES string of the molecule is O=S(=O)(c1ccc(Sc2nnc(Nc3cccc(F)c3)s2)cc1)C(F)F. The Bertz CT molecular complexity index is 1010. The maximum absolute atomic E-state index is 13.2. The smallest absolute Gasteiger partial charge is 0.330 e. The molecule has 3 rings (SSSR count). The summed E-state index contributed by atoms with van der Waals surface area (Å²) >= 11 is 2.41. The molecule has 1 N–H and O–H groups in total. The molecule has 3 aromatic rings. The van der Waals surface area contributed by atoms with Gasteiger partial charge in [-0.25, -0.2) is 12.8 Å². The van der Waals surface area contributed by atoms with Crippen LogP contribution in [0, 0.1) is 5.82 Å². The van der Waals surface area contributed by atoms with E-state index in [1.54, 1.807) is 12.1 Å². The van der Waals surface area contributed by atoms with Crippen LogP contribution in [0.2, 0.25) is 0 Å². The summed E-state index contributed by atoms with van der Waals surface area (Å²) in [5, 5.41) is 11.3. The van der Waals surface area contributed by atoms with Crippen LogP contribution in [0.4, 0.5) is 24.0 Å². The van der Waals surface area contributed by atoms with Gasteiger partial charge in [0.05, 0.1) is 4.90 Å². The molecule has 5 nitrogen and oxygen atoms in total.